The second-order valence-electron chi connectivity index (χ2n) is 5.89. The van der Waals surface area contributed by atoms with Gasteiger partial charge in [0.15, 0.2) is 0 Å². The number of unbranched alkanes of at least 4 members (excludes halogenated alkanes) is 2. The Kier molecular flexibility index (Phi) is 6.41. The zero-order valence-electron chi connectivity index (χ0n) is 11.7. The van der Waals surface area contributed by atoms with E-state index >= 15 is 0 Å². The summed E-state index contributed by atoms with van der Waals surface area (Å²) in [6.45, 7) is 6.10. The normalized spacial score (nSPS) is 29.4. The number of rotatable bonds is 4. The molecule has 1 saturated heterocycles. The van der Waals surface area contributed by atoms with E-state index in [1.807, 2.05) is 0 Å². The van der Waals surface area contributed by atoms with E-state index in [1.54, 1.807) is 0 Å². The fraction of sp³-hybridized carbons (Fsp3) is 1.00. The lowest BCUT2D eigenvalue weighted by molar-refractivity contribution is 0.112. The number of hydrogen-bond donors (Lipinski definition) is 0. The molecule has 1 rings (SSSR count). The molecule has 0 aromatic heterocycles. The summed E-state index contributed by atoms with van der Waals surface area (Å²) in [6.07, 6.45) is 14.2. The topological polar surface area (TPSA) is 3.24 Å². The Labute approximate surface area is 103 Å². The van der Waals surface area contributed by atoms with E-state index < -0.39 is 0 Å². The van der Waals surface area contributed by atoms with Crippen LogP contribution in [0.1, 0.15) is 78.1 Å². The van der Waals surface area contributed by atoms with Crippen LogP contribution in [-0.4, -0.2) is 24.0 Å². The zero-order chi connectivity index (χ0) is 11.9. The Morgan fingerprint density at radius 1 is 1.00 bits per heavy atom. The SMILES string of the molecule is CCCCCC1(C)CCCCCCCN1C. The van der Waals surface area contributed by atoms with Crippen LogP contribution in [0.3, 0.4) is 0 Å². The van der Waals surface area contributed by atoms with Gasteiger partial charge in [0.2, 0.25) is 0 Å². The van der Waals surface area contributed by atoms with Crippen molar-refractivity contribution < 1.29 is 0 Å². The van der Waals surface area contributed by atoms with Gasteiger partial charge in [0.1, 0.15) is 0 Å². The molecule has 1 atom stereocenters. The Balaban J connectivity index is 2.47. The molecule has 0 N–H and O–H groups in total. The largest absolute Gasteiger partial charge is 0.301 e. The minimum Gasteiger partial charge on any atom is -0.301 e. The monoisotopic (exact) mass is 225 g/mol. The second kappa shape index (κ2) is 7.32. The average molecular weight is 225 g/mol. The molecular weight excluding hydrogens is 194 g/mol. The van der Waals surface area contributed by atoms with E-state index in [9.17, 15) is 0 Å². The van der Waals surface area contributed by atoms with Crippen LogP contribution >= 0.6 is 0 Å². The molecule has 1 unspecified atom stereocenters. The van der Waals surface area contributed by atoms with E-state index in [1.165, 1.54) is 70.8 Å². The van der Waals surface area contributed by atoms with Crippen LogP contribution in [0.25, 0.3) is 0 Å². The maximum absolute atomic E-state index is 2.65. The lowest BCUT2D eigenvalue weighted by Gasteiger charge is -2.39. The molecule has 0 aromatic rings. The molecule has 0 radical (unpaired) electrons. The van der Waals surface area contributed by atoms with Gasteiger partial charge >= 0.3 is 0 Å². The van der Waals surface area contributed by atoms with Gasteiger partial charge in [0.25, 0.3) is 0 Å². The summed E-state index contributed by atoms with van der Waals surface area (Å²) in [5, 5.41) is 0. The Bertz CT molecular complexity index is 178. The first kappa shape index (κ1) is 14.0. The maximum atomic E-state index is 2.65. The highest BCUT2D eigenvalue weighted by atomic mass is 15.2. The molecule has 1 heterocycles. The predicted octanol–water partition coefficient (Wildman–Crippen LogP) is 4.61. The van der Waals surface area contributed by atoms with Gasteiger partial charge in [-0.2, -0.15) is 0 Å². The van der Waals surface area contributed by atoms with Crippen LogP contribution in [0, 0.1) is 0 Å². The van der Waals surface area contributed by atoms with Gasteiger partial charge in [-0.3, -0.25) is 0 Å². The van der Waals surface area contributed by atoms with Crippen molar-refractivity contribution in [1.29, 1.82) is 0 Å². The van der Waals surface area contributed by atoms with E-state index in [0.29, 0.717) is 5.54 Å². The highest BCUT2D eigenvalue weighted by molar-refractivity contribution is 4.85. The molecule has 96 valence electrons. The molecule has 1 heteroatoms. The number of nitrogens with zero attached hydrogens (tertiary/aromatic N) is 1. The highest BCUT2D eigenvalue weighted by Crippen LogP contribution is 2.29. The average Bonchev–Trinajstić information content (AvgIpc) is 2.34. The Hall–Kier alpha value is -0.0400. The Morgan fingerprint density at radius 3 is 2.44 bits per heavy atom. The van der Waals surface area contributed by atoms with Gasteiger partial charge in [0, 0.05) is 5.54 Å². The highest BCUT2D eigenvalue weighted by Gasteiger charge is 2.28. The minimum atomic E-state index is 0.486. The van der Waals surface area contributed by atoms with E-state index in [2.05, 4.69) is 25.8 Å². The summed E-state index contributed by atoms with van der Waals surface area (Å²) in [6, 6.07) is 0. The fourth-order valence-corrected chi connectivity index (χ4v) is 2.92. The van der Waals surface area contributed by atoms with Crippen molar-refractivity contribution in [3.8, 4) is 0 Å². The third-order valence-electron chi connectivity index (χ3n) is 4.45. The first-order chi connectivity index (χ1) is 7.69. The van der Waals surface area contributed by atoms with Crippen molar-refractivity contribution in [3.05, 3.63) is 0 Å². The lowest BCUT2D eigenvalue weighted by Crippen LogP contribution is -2.44. The van der Waals surface area contributed by atoms with Gasteiger partial charge in [-0.15, -0.1) is 0 Å². The number of hydrogen-bond acceptors (Lipinski definition) is 1. The van der Waals surface area contributed by atoms with Crippen molar-refractivity contribution in [1.82, 2.24) is 4.90 Å². The Morgan fingerprint density at radius 2 is 1.69 bits per heavy atom. The summed E-state index contributed by atoms with van der Waals surface area (Å²) in [5.74, 6) is 0. The first-order valence-corrected chi connectivity index (χ1v) is 7.40. The molecule has 0 spiro atoms. The first-order valence-electron chi connectivity index (χ1n) is 7.40. The molecule has 0 aromatic carbocycles. The van der Waals surface area contributed by atoms with Crippen LogP contribution in [0.5, 0.6) is 0 Å². The van der Waals surface area contributed by atoms with E-state index in [0.717, 1.165) is 0 Å². The third kappa shape index (κ3) is 4.45. The van der Waals surface area contributed by atoms with E-state index in [-0.39, 0.29) is 0 Å². The second-order valence-corrected chi connectivity index (χ2v) is 5.89. The molecular formula is C15H31N. The summed E-state index contributed by atoms with van der Waals surface area (Å²) in [4.78, 5) is 2.65. The van der Waals surface area contributed by atoms with Gasteiger partial charge < -0.3 is 4.90 Å². The van der Waals surface area contributed by atoms with Crippen molar-refractivity contribution in [2.75, 3.05) is 13.6 Å². The van der Waals surface area contributed by atoms with Crippen LogP contribution in [0.15, 0.2) is 0 Å². The van der Waals surface area contributed by atoms with Gasteiger partial charge in [-0.1, -0.05) is 51.9 Å². The predicted molar refractivity (Wildman–Crippen MR) is 72.9 cm³/mol. The molecule has 1 aliphatic heterocycles. The van der Waals surface area contributed by atoms with Crippen LogP contribution < -0.4 is 0 Å². The molecule has 1 aliphatic rings. The molecule has 1 nitrogen and oxygen atoms in total. The van der Waals surface area contributed by atoms with E-state index in [4.69, 9.17) is 0 Å². The van der Waals surface area contributed by atoms with Gasteiger partial charge in [-0.25, -0.2) is 0 Å². The van der Waals surface area contributed by atoms with Crippen LogP contribution in [0.2, 0.25) is 0 Å². The fourth-order valence-electron chi connectivity index (χ4n) is 2.92. The lowest BCUT2D eigenvalue weighted by atomic mass is 9.87. The summed E-state index contributed by atoms with van der Waals surface area (Å²) in [7, 11) is 2.34. The minimum absolute atomic E-state index is 0.486. The summed E-state index contributed by atoms with van der Waals surface area (Å²) >= 11 is 0. The smallest absolute Gasteiger partial charge is 0.0178 e. The van der Waals surface area contributed by atoms with Crippen LogP contribution in [0.4, 0.5) is 0 Å². The van der Waals surface area contributed by atoms with Crippen molar-refractivity contribution in [3.63, 3.8) is 0 Å². The summed E-state index contributed by atoms with van der Waals surface area (Å²) < 4.78 is 0. The molecule has 1 fully saturated rings. The third-order valence-corrected chi connectivity index (χ3v) is 4.45. The maximum Gasteiger partial charge on any atom is 0.0178 e. The quantitative estimate of drug-likeness (QED) is 0.631. The molecule has 0 amide bonds. The standard InChI is InChI=1S/C15H31N/c1-4-5-9-12-15(2)13-10-7-6-8-11-14-16(15)3/h4-14H2,1-3H3. The van der Waals surface area contributed by atoms with Crippen molar-refractivity contribution in [2.24, 2.45) is 0 Å². The van der Waals surface area contributed by atoms with Crippen LogP contribution in [-0.2, 0) is 0 Å². The molecule has 0 bridgehead atoms. The van der Waals surface area contributed by atoms with Gasteiger partial charge in [-0.05, 0) is 39.8 Å². The van der Waals surface area contributed by atoms with Crippen molar-refractivity contribution in [2.45, 2.75) is 83.6 Å². The van der Waals surface area contributed by atoms with Gasteiger partial charge in [0.05, 0.1) is 0 Å². The molecule has 0 saturated carbocycles. The molecule has 16 heavy (non-hydrogen) atoms. The van der Waals surface area contributed by atoms with Crippen molar-refractivity contribution >= 4 is 0 Å². The zero-order valence-corrected chi connectivity index (χ0v) is 11.7. The summed E-state index contributed by atoms with van der Waals surface area (Å²) in [5.41, 5.74) is 0.486. The molecule has 0 aliphatic carbocycles.